The van der Waals surface area contributed by atoms with Crippen LogP contribution < -0.4 is 0 Å². The Labute approximate surface area is 427 Å². The number of carbonyl (C=O) groups excluding carboxylic acids is 3. The summed E-state index contributed by atoms with van der Waals surface area (Å²) in [5.41, 5.74) is 0. The summed E-state index contributed by atoms with van der Waals surface area (Å²) in [6.45, 7) is 5.64. The molecular weight excluding hydrogens is 901 g/mol. The van der Waals surface area contributed by atoms with Crippen molar-refractivity contribution in [1.82, 2.24) is 0 Å². The molecule has 0 spiro atoms. The second-order valence-corrected chi connectivity index (χ2v) is 17.8. The van der Waals surface area contributed by atoms with Gasteiger partial charge in [0, 0.05) is 12.8 Å². The second-order valence-electron chi connectivity index (χ2n) is 17.8. The second kappa shape index (κ2) is 46.5. The first-order chi connectivity index (χ1) is 34.6. The summed E-state index contributed by atoms with van der Waals surface area (Å²) in [4.78, 5) is 50.8. The van der Waals surface area contributed by atoms with Gasteiger partial charge in [-0.25, -0.2) is 4.79 Å². The summed E-state index contributed by atoms with van der Waals surface area (Å²) < 4.78 is 28.1. The van der Waals surface area contributed by atoms with Gasteiger partial charge < -0.3 is 39.0 Å². The van der Waals surface area contributed by atoms with Gasteiger partial charge in [-0.2, -0.15) is 0 Å². The van der Waals surface area contributed by atoms with Gasteiger partial charge in [0.15, 0.2) is 24.6 Å². The molecule has 0 amide bonds. The van der Waals surface area contributed by atoms with E-state index in [0.717, 1.165) is 83.5 Å². The van der Waals surface area contributed by atoms with Crippen LogP contribution in [0, 0.1) is 0 Å². The molecule has 400 valence electrons. The zero-order valence-electron chi connectivity index (χ0n) is 43.7. The molecule has 1 aliphatic heterocycles. The minimum atomic E-state index is -1.94. The van der Waals surface area contributed by atoms with Crippen LogP contribution in [-0.2, 0) is 42.9 Å². The predicted octanol–water partition coefficient (Wildman–Crippen LogP) is 13.1. The van der Waals surface area contributed by atoms with Gasteiger partial charge in [-0.3, -0.25) is 14.4 Å². The highest BCUT2D eigenvalue weighted by molar-refractivity contribution is 5.74. The summed E-state index contributed by atoms with van der Waals surface area (Å²) in [6.07, 6.45) is 49.6. The van der Waals surface area contributed by atoms with Crippen molar-refractivity contribution in [3.05, 3.63) is 109 Å². The Balaban J connectivity index is 2.80. The van der Waals surface area contributed by atoms with Crippen LogP contribution in [0.4, 0.5) is 0 Å². The van der Waals surface area contributed by atoms with E-state index in [9.17, 15) is 34.5 Å². The van der Waals surface area contributed by atoms with Crippen molar-refractivity contribution in [1.29, 1.82) is 0 Å². The van der Waals surface area contributed by atoms with Crippen LogP contribution in [0.15, 0.2) is 109 Å². The van der Waals surface area contributed by atoms with E-state index in [1.165, 1.54) is 44.9 Å². The SMILES string of the molecule is CC/C=C\C/C=C\C/C=C\C/C=C\C/C=C\CC(=O)OC1C(OCC(COC(=O)CCCC/C=C\C/C=C\C/C=C\C/C=C\CC)OC(=O)CCCCCCCCCCCCC)OC(C(=O)O)C(O)C1O. The smallest absolute Gasteiger partial charge is 0.335 e. The van der Waals surface area contributed by atoms with Gasteiger partial charge in [-0.15, -0.1) is 0 Å². The molecule has 12 nitrogen and oxygen atoms in total. The van der Waals surface area contributed by atoms with Gasteiger partial charge in [0.25, 0.3) is 0 Å². The van der Waals surface area contributed by atoms with Crippen LogP contribution in [0.3, 0.4) is 0 Å². The first kappa shape index (κ1) is 64.4. The average Bonchev–Trinajstić information content (AvgIpc) is 3.35. The summed E-state index contributed by atoms with van der Waals surface area (Å²) in [5.74, 6) is -3.35. The van der Waals surface area contributed by atoms with Gasteiger partial charge in [0.05, 0.1) is 13.0 Å². The lowest BCUT2D eigenvalue weighted by Gasteiger charge is -2.40. The highest BCUT2D eigenvalue weighted by Gasteiger charge is 2.50. The molecule has 0 radical (unpaired) electrons. The predicted molar refractivity (Wildman–Crippen MR) is 284 cm³/mol. The Morgan fingerprint density at radius 1 is 0.493 bits per heavy atom. The molecule has 71 heavy (non-hydrogen) atoms. The number of hydrogen-bond donors (Lipinski definition) is 3. The number of carbonyl (C=O) groups is 4. The monoisotopic (exact) mass is 993 g/mol. The van der Waals surface area contributed by atoms with E-state index in [2.05, 4.69) is 106 Å². The maximum atomic E-state index is 13.1. The van der Waals surface area contributed by atoms with Crippen LogP contribution in [-0.4, -0.2) is 89.2 Å². The first-order valence-electron chi connectivity index (χ1n) is 26.9. The number of rotatable bonds is 43. The fourth-order valence-corrected chi connectivity index (χ4v) is 7.31. The third-order valence-corrected chi connectivity index (χ3v) is 11.4. The number of esters is 3. The molecule has 1 aliphatic rings. The Kier molecular flexibility index (Phi) is 42.1. The number of unbranched alkanes of at least 4 members (excludes halogenated alkanes) is 12. The van der Waals surface area contributed by atoms with Crippen LogP contribution in [0.25, 0.3) is 0 Å². The van der Waals surface area contributed by atoms with Crippen molar-refractivity contribution in [2.24, 2.45) is 0 Å². The molecule has 0 aromatic heterocycles. The Morgan fingerprint density at radius 2 is 0.930 bits per heavy atom. The third kappa shape index (κ3) is 36.9. The van der Waals surface area contributed by atoms with Crippen molar-refractivity contribution in [3.8, 4) is 0 Å². The Morgan fingerprint density at radius 3 is 1.42 bits per heavy atom. The Hall–Kier alpha value is -4.62. The summed E-state index contributed by atoms with van der Waals surface area (Å²) in [6, 6.07) is 0. The van der Waals surface area contributed by atoms with E-state index in [0.29, 0.717) is 19.3 Å². The number of ether oxygens (including phenoxy) is 5. The van der Waals surface area contributed by atoms with E-state index in [1.54, 1.807) is 12.2 Å². The van der Waals surface area contributed by atoms with Gasteiger partial charge in [0.2, 0.25) is 0 Å². The molecule has 1 saturated heterocycles. The number of aliphatic carboxylic acids is 1. The molecule has 1 rings (SSSR count). The van der Waals surface area contributed by atoms with E-state index >= 15 is 0 Å². The average molecular weight is 993 g/mol. The van der Waals surface area contributed by atoms with Crippen molar-refractivity contribution in [2.45, 2.75) is 225 Å². The quantitative estimate of drug-likeness (QED) is 0.0229. The summed E-state index contributed by atoms with van der Waals surface area (Å²) in [7, 11) is 0. The summed E-state index contributed by atoms with van der Waals surface area (Å²) in [5, 5.41) is 31.3. The molecule has 0 saturated carbocycles. The molecule has 12 heteroatoms. The van der Waals surface area contributed by atoms with E-state index in [4.69, 9.17) is 23.7 Å². The fraction of sp³-hybridized carbons (Fsp3) is 0.627. The maximum Gasteiger partial charge on any atom is 0.335 e. The zero-order valence-corrected chi connectivity index (χ0v) is 43.7. The lowest BCUT2D eigenvalue weighted by molar-refractivity contribution is -0.301. The molecule has 0 aliphatic carbocycles. The van der Waals surface area contributed by atoms with Crippen LogP contribution in [0.5, 0.6) is 0 Å². The molecule has 6 unspecified atom stereocenters. The van der Waals surface area contributed by atoms with Crippen LogP contribution in [0.2, 0.25) is 0 Å². The number of aliphatic hydroxyl groups excluding tert-OH is 2. The van der Waals surface area contributed by atoms with Gasteiger partial charge in [-0.05, 0) is 83.5 Å². The van der Waals surface area contributed by atoms with Crippen molar-refractivity contribution < 1.29 is 58.2 Å². The van der Waals surface area contributed by atoms with Gasteiger partial charge in [-0.1, -0.05) is 194 Å². The Bertz CT molecular complexity index is 1650. The van der Waals surface area contributed by atoms with E-state index in [-0.39, 0.29) is 25.9 Å². The molecule has 1 fully saturated rings. The lowest BCUT2D eigenvalue weighted by atomic mass is 9.98. The third-order valence-electron chi connectivity index (χ3n) is 11.4. The van der Waals surface area contributed by atoms with Gasteiger partial charge in [0.1, 0.15) is 18.8 Å². The van der Waals surface area contributed by atoms with Crippen molar-refractivity contribution in [3.63, 3.8) is 0 Å². The largest absolute Gasteiger partial charge is 0.479 e. The number of aliphatic hydroxyl groups is 2. The minimum Gasteiger partial charge on any atom is -0.479 e. The maximum absolute atomic E-state index is 13.1. The zero-order chi connectivity index (χ0) is 51.8. The van der Waals surface area contributed by atoms with Crippen molar-refractivity contribution >= 4 is 23.9 Å². The number of hydrogen-bond acceptors (Lipinski definition) is 11. The molecule has 0 aromatic carbocycles. The lowest BCUT2D eigenvalue weighted by Crippen LogP contribution is -2.61. The van der Waals surface area contributed by atoms with E-state index < -0.39 is 67.3 Å². The molecule has 3 N–H and O–H groups in total. The van der Waals surface area contributed by atoms with Crippen molar-refractivity contribution in [2.75, 3.05) is 13.2 Å². The minimum absolute atomic E-state index is 0.140. The molecule has 0 aromatic rings. The van der Waals surface area contributed by atoms with Crippen LogP contribution in [0.1, 0.15) is 188 Å². The topological polar surface area (TPSA) is 175 Å². The molecular formula is C59H92O12. The molecule has 6 atom stereocenters. The molecule has 1 heterocycles. The fourth-order valence-electron chi connectivity index (χ4n) is 7.31. The molecule has 0 bridgehead atoms. The highest BCUT2D eigenvalue weighted by atomic mass is 16.7. The van der Waals surface area contributed by atoms with Crippen LogP contribution >= 0.6 is 0 Å². The van der Waals surface area contributed by atoms with E-state index in [1.807, 2.05) is 12.2 Å². The standard InChI is InChI=1S/C59H92O12/c1-4-7-10-13-16-19-22-24-26-28-31-33-36-39-42-45-51(60)67-48-50(69-52(61)46-43-40-37-34-30-21-18-15-12-9-6-3)49-68-59-57(55(64)54(63)56(71-59)58(65)66)70-53(62)47-44-41-38-35-32-29-27-25-23-20-17-14-11-8-5-2/h7-8,10-11,16-17,19-20,24-27,31-33,35,41,44,50,54-57,59,63-64H,4-6,9,12-15,18,21-23,28-30,34,36-40,42-43,45-49H2,1-3H3,(H,65,66)/b10-7-,11-8-,19-16-,20-17-,26-24-,27-25-,33-31-,35-32-,44-41-. The number of carboxylic acids is 1. The normalized spacial score (nSPS) is 19.4. The van der Waals surface area contributed by atoms with Gasteiger partial charge >= 0.3 is 23.9 Å². The first-order valence-corrected chi connectivity index (χ1v) is 26.9. The number of carboxylic acid groups (broad SMARTS) is 1. The number of allylic oxidation sites excluding steroid dienone is 17. The highest BCUT2D eigenvalue weighted by Crippen LogP contribution is 2.26. The summed E-state index contributed by atoms with van der Waals surface area (Å²) >= 11 is 0.